The minimum Gasteiger partial charge on any atom is -0.269 e. The highest BCUT2D eigenvalue weighted by molar-refractivity contribution is 5.29. The van der Waals surface area contributed by atoms with Crippen molar-refractivity contribution in [1.29, 1.82) is 0 Å². The van der Waals surface area contributed by atoms with Crippen LogP contribution >= 0.6 is 0 Å². The molecular formula is C15H16F3N3O. The Morgan fingerprint density at radius 1 is 1.36 bits per heavy atom. The van der Waals surface area contributed by atoms with Crippen molar-refractivity contribution in [2.24, 2.45) is 0 Å². The summed E-state index contributed by atoms with van der Waals surface area (Å²) in [5, 5.41) is 3.96. The smallest absolute Gasteiger partial charge is 0.269 e. The highest BCUT2D eigenvalue weighted by atomic mass is 19.1. The Morgan fingerprint density at radius 3 is 2.82 bits per heavy atom. The number of aromatic nitrogens is 3. The van der Waals surface area contributed by atoms with Gasteiger partial charge in [-0.15, -0.1) is 0 Å². The van der Waals surface area contributed by atoms with Crippen LogP contribution in [0, 0.1) is 12.7 Å². The average molecular weight is 311 g/mol. The molecule has 0 radical (unpaired) electrons. The maximum Gasteiger partial charge on any atom is 0.346 e. The van der Waals surface area contributed by atoms with Crippen LogP contribution in [0.25, 0.3) is 0 Å². The fourth-order valence-electron chi connectivity index (χ4n) is 2.95. The van der Waals surface area contributed by atoms with Gasteiger partial charge in [0, 0.05) is 13.0 Å². The van der Waals surface area contributed by atoms with E-state index in [1.165, 1.54) is 16.7 Å². The van der Waals surface area contributed by atoms with E-state index in [1.54, 1.807) is 13.0 Å². The van der Waals surface area contributed by atoms with E-state index in [0.29, 0.717) is 11.1 Å². The standard InChI is InChI=1S/C15H16F3N3O/c1-9-5-10(7-11(17)6-9)13-8-12(18)14-19-20(4-2-3-16)15(22)21(13)14/h5-7,12-13H,2-4,8H2,1H3. The first kappa shape index (κ1) is 14.9. The molecule has 0 amide bonds. The normalized spacial score (nSPS) is 20.4. The van der Waals surface area contributed by atoms with E-state index in [9.17, 15) is 18.0 Å². The van der Waals surface area contributed by atoms with Gasteiger partial charge in [-0.1, -0.05) is 6.07 Å². The lowest BCUT2D eigenvalue weighted by Crippen LogP contribution is -2.27. The third-order valence-corrected chi connectivity index (χ3v) is 3.87. The molecule has 2 unspecified atom stereocenters. The summed E-state index contributed by atoms with van der Waals surface area (Å²) >= 11 is 0. The molecule has 1 aliphatic rings. The van der Waals surface area contributed by atoms with Crippen LogP contribution in [0.5, 0.6) is 0 Å². The third kappa shape index (κ3) is 2.44. The molecule has 0 bridgehead atoms. The van der Waals surface area contributed by atoms with Gasteiger partial charge in [-0.3, -0.25) is 8.96 Å². The number of rotatable bonds is 4. The van der Waals surface area contributed by atoms with Gasteiger partial charge in [-0.25, -0.2) is 18.3 Å². The summed E-state index contributed by atoms with van der Waals surface area (Å²) < 4.78 is 42.3. The fraction of sp³-hybridized carbons (Fsp3) is 0.467. The SMILES string of the molecule is Cc1cc(F)cc(C2CC(F)c3nn(CCCF)c(=O)n32)c1. The van der Waals surface area contributed by atoms with Gasteiger partial charge < -0.3 is 0 Å². The van der Waals surface area contributed by atoms with Crippen molar-refractivity contribution in [3.05, 3.63) is 51.5 Å². The van der Waals surface area contributed by atoms with Crippen molar-refractivity contribution >= 4 is 0 Å². The molecule has 4 nitrogen and oxygen atoms in total. The van der Waals surface area contributed by atoms with Gasteiger partial charge in [0.05, 0.1) is 12.7 Å². The van der Waals surface area contributed by atoms with E-state index in [4.69, 9.17) is 0 Å². The van der Waals surface area contributed by atoms with Crippen LogP contribution in [-0.4, -0.2) is 21.0 Å². The molecule has 1 aromatic carbocycles. The van der Waals surface area contributed by atoms with Crippen LogP contribution in [-0.2, 0) is 6.54 Å². The summed E-state index contributed by atoms with van der Waals surface area (Å²) in [6.07, 6.45) is -1.17. The second kappa shape index (κ2) is 5.62. The van der Waals surface area contributed by atoms with E-state index in [-0.39, 0.29) is 25.2 Å². The summed E-state index contributed by atoms with van der Waals surface area (Å²) in [5.41, 5.74) is 0.776. The monoisotopic (exact) mass is 311 g/mol. The van der Waals surface area contributed by atoms with Crippen LogP contribution in [0.1, 0.15) is 42.0 Å². The second-order valence-electron chi connectivity index (χ2n) is 5.56. The number of hydrogen-bond acceptors (Lipinski definition) is 2. The number of halogens is 3. The number of alkyl halides is 2. The van der Waals surface area contributed by atoms with Gasteiger partial charge in [-0.05, 0) is 36.6 Å². The van der Waals surface area contributed by atoms with Crippen molar-refractivity contribution in [1.82, 2.24) is 14.3 Å². The van der Waals surface area contributed by atoms with Crippen LogP contribution in [0.3, 0.4) is 0 Å². The Balaban J connectivity index is 2.04. The highest BCUT2D eigenvalue weighted by Gasteiger charge is 2.36. The predicted octanol–water partition coefficient (Wildman–Crippen LogP) is 2.86. The number of fused-ring (bicyclic) bond motifs is 1. The van der Waals surface area contributed by atoms with E-state index >= 15 is 0 Å². The predicted molar refractivity (Wildman–Crippen MR) is 74.8 cm³/mol. The van der Waals surface area contributed by atoms with Crippen LogP contribution in [0.4, 0.5) is 13.2 Å². The molecule has 0 N–H and O–H groups in total. The molecule has 0 aliphatic carbocycles. The van der Waals surface area contributed by atoms with Crippen molar-refractivity contribution in [2.45, 2.75) is 38.5 Å². The lowest BCUT2D eigenvalue weighted by Gasteiger charge is -2.13. The van der Waals surface area contributed by atoms with Gasteiger partial charge in [0.2, 0.25) is 0 Å². The molecule has 2 aromatic rings. The maximum atomic E-state index is 14.2. The zero-order chi connectivity index (χ0) is 15.9. The highest BCUT2D eigenvalue weighted by Crippen LogP contribution is 2.38. The van der Waals surface area contributed by atoms with Crippen LogP contribution in [0.2, 0.25) is 0 Å². The van der Waals surface area contributed by atoms with Gasteiger partial charge in [-0.2, -0.15) is 5.10 Å². The summed E-state index contributed by atoms with van der Waals surface area (Å²) in [4.78, 5) is 12.3. The molecule has 7 heteroatoms. The van der Waals surface area contributed by atoms with E-state index in [1.807, 2.05) is 0 Å². The maximum absolute atomic E-state index is 14.2. The molecule has 0 spiro atoms. The molecule has 0 fully saturated rings. The largest absolute Gasteiger partial charge is 0.346 e. The lowest BCUT2D eigenvalue weighted by molar-refractivity contribution is 0.320. The van der Waals surface area contributed by atoms with Crippen LogP contribution in [0.15, 0.2) is 23.0 Å². The topological polar surface area (TPSA) is 39.8 Å². The zero-order valence-electron chi connectivity index (χ0n) is 12.1. The Hall–Kier alpha value is -2.05. The van der Waals surface area contributed by atoms with Crippen molar-refractivity contribution < 1.29 is 13.2 Å². The van der Waals surface area contributed by atoms with Gasteiger partial charge in [0.15, 0.2) is 12.0 Å². The minimum absolute atomic E-state index is 0.0378. The zero-order valence-corrected chi connectivity index (χ0v) is 12.1. The number of aryl methyl sites for hydroxylation is 2. The summed E-state index contributed by atoms with van der Waals surface area (Å²) in [5.74, 6) is -0.382. The van der Waals surface area contributed by atoms with Crippen LogP contribution < -0.4 is 5.69 Å². The van der Waals surface area contributed by atoms with Crippen molar-refractivity contribution in [3.8, 4) is 0 Å². The Kier molecular flexibility index (Phi) is 3.80. The Labute approximate surface area is 125 Å². The minimum atomic E-state index is -1.38. The van der Waals surface area contributed by atoms with E-state index < -0.39 is 30.4 Å². The van der Waals surface area contributed by atoms with Crippen molar-refractivity contribution in [3.63, 3.8) is 0 Å². The van der Waals surface area contributed by atoms with Gasteiger partial charge in [0.1, 0.15) is 5.82 Å². The molecule has 118 valence electrons. The quantitative estimate of drug-likeness (QED) is 0.871. The molecule has 1 aromatic heterocycles. The van der Waals surface area contributed by atoms with Crippen molar-refractivity contribution in [2.75, 3.05) is 6.67 Å². The third-order valence-electron chi connectivity index (χ3n) is 3.87. The molecule has 0 saturated heterocycles. The Morgan fingerprint density at radius 2 is 2.14 bits per heavy atom. The first-order chi connectivity index (χ1) is 10.5. The molecule has 3 rings (SSSR count). The number of hydrogen-bond donors (Lipinski definition) is 0. The average Bonchev–Trinajstić information content (AvgIpc) is 2.95. The molecule has 0 saturated carbocycles. The molecular weight excluding hydrogens is 295 g/mol. The molecule has 22 heavy (non-hydrogen) atoms. The molecule has 2 atom stereocenters. The Bertz CT molecular complexity index is 733. The first-order valence-electron chi connectivity index (χ1n) is 7.17. The second-order valence-corrected chi connectivity index (χ2v) is 5.56. The van der Waals surface area contributed by atoms with E-state index in [2.05, 4.69) is 5.10 Å². The number of nitrogens with zero attached hydrogens (tertiary/aromatic N) is 3. The molecule has 2 heterocycles. The van der Waals surface area contributed by atoms with Gasteiger partial charge >= 0.3 is 5.69 Å². The van der Waals surface area contributed by atoms with Gasteiger partial charge in [0.25, 0.3) is 0 Å². The summed E-state index contributed by atoms with van der Waals surface area (Å²) in [6.45, 7) is 1.28. The lowest BCUT2D eigenvalue weighted by atomic mass is 10.0. The first-order valence-corrected chi connectivity index (χ1v) is 7.17. The summed E-state index contributed by atoms with van der Waals surface area (Å²) in [6, 6.07) is 3.84. The van der Waals surface area contributed by atoms with E-state index in [0.717, 1.165) is 4.68 Å². The number of benzene rings is 1. The fourth-order valence-corrected chi connectivity index (χ4v) is 2.95. The summed E-state index contributed by atoms with van der Waals surface area (Å²) in [7, 11) is 0. The molecule has 1 aliphatic heterocycles.